The van der Waals surface area contributed by atoms with Gasteiger partial charge in [0.2, 0.25) is 9.84 Å². The minimum atomic E-state index is -3.87. The normalized spacial score (nSPS) is 10.8. The molecule has 0 spiro atoms. The predicted molar refractivity (Wildman–Crippen MR) is 154 cm³/mol. The number of sulfone groups is 1. The molecule has 2 heterocycles. The minimum absolute atomic E-state index is 0.0360. The van der Waals surface area contributed by atoms with E-state index >= 15 is 0 Å². The van der Waals surface area contributed by atoms with Gasteiger partial charge in [0.25, 0.3) is 0 Å². The van der Waals surface area contributed by atoms with Crippen molar-refractivity contribution < 1.29 is 17.9 Å². The van der Waals surface area contributed by atoms with E-state index in [4.69, 9.17) is 16.3 Å². The summed E-state index contributed by atoms with van der Waals surface area (Å²) in [5, 5.41) is 5.44. The van der Waals surface area contributed by atoms with E-state index in [1.807, 2.05) is 72.1 Å². The van der Waals surface area contributed by atoms with Crippen LogP contribution in [0.2, 0.25) is 4.34 Å². The van der Waals surface area contributed by atoms with Gasteiger partial charge in [-0.3, -0.25) is 0 Å². The van der Waals surface area contributed by atoms with Gasteiger partial charge in [-0.2, -0.15) is 0 Å². The molecule has 1 N–H and O–H groups in total. The number of rotatable bonds is 7. The first-order chi connectivity index (χ1) is 18.4. The standard InChI is InChI=1S/C22H17ClN2O4S3.C6H6/c1-2-29-21(26)17-16(14-9-5-3-6-10-14)13-30-19(17)24-22-25-20(18(23)31-22)32(27,28)15-11-7-4-8-12-15;1-2-4-6-5-3-1/h3-13H,2H2,1H3,(H,24,25);1-6H. The lowest BCUT2D eigenvalue weighted by molar-refractivity contribution is 0.0529. The number of aromatic nitrogens is 1. The van der Waals surface area contributed by atoms with Crippen LogP contribution in [0, 0.1) is 0 Å². The second-order valence-corrected chi connectivity index (χ2v) is 12.0. The number of nitrogens with zero attached hydrogens (tertiary/aromatic N) is 1. The fourth-order valence-corrected chi connectivity index (χ4v) is 7.24. The van der Waals surface area contributed by atoms with Crippen molar-refractivity contribution in [3.8, 4) is 11.1 Å². The molecule has 0 atom stereocenters. The summed E-state index contributed by atoms with van der Waals surface area (Å²) in [4.78, 5) is 17.1. The Morgan fingerprint density at radius 1 is 0.921 bits per heavy atom. The Balaban J connectivity index is 0.000000494. The van der Waals surface area contributed by atoms with Crippen molar-refractivity contribution in [1.29, 1.82) is 0 Å². The second kappa shape index (κ2) is 12.8. The molecule has 0 aliphatic rings. The van der Waals surface area contributed by atoms with Crippen molar-refractivity contribution in [2.45, 2.75) is 16.8 Å². The van der Waals surface area contributed by atoms with Crippen molar-refractivity contribution in [2.75, 3.05) is 11.9 Å². The van der Waals surface area contributed by atoms with Crippen LogP contribution in [0.15, 0.2) is 112 Å². The molecular weight excluding hydrogens is 560 g/mol. The third kappa shape index (κ3) is 6.49. The molecule has 38 heavy (non-hydrogen) atoms. The quantitative estimate of drug-likeness (QED) is 0.196. The summed E-state index contributed by atoms with van der Waals surface area (Å²) in [5.74, 6) is -0.477. The van der Waals surface area contributed by atoms with Crippen molar-refractivity contribution in [1.82, 2.24) is 4.98 Å². The molecule has 0 saturated carbocycles. The monoisotopic (exact) mass is 582 g/mol. The lowest BCUT2D eigenvalue weighted by Gasteiger charge is -2.08. The Hall–Kier alpha value is -3.50. The van der Waals surface area contributed by atoms with Crippen molar-refractivity contribution in [3.05, 3.63) is 112 Å². The SMILES string of the molecule is CCOC(=O)c1c(-c2ccccc2)csc1Nc1nc(S(=O)(=O)c2ccccc2)c(Cl)s1.c1ccccc1. The van der Waals surface area contributed by atoms with E-state index in [9.17, 15) is 13.2 Å². The Kier molecular flexibility index (Phi) is 9.30. The number of carbonyl (C=O) groups is 1. The number of ether oxygens (including phenoxy) is 1. The van der Waals surface area contributed by atoms with Crippen LogP contribution in [0.1, 0.15) is 17.3 Å². The summed E-state index contributed by atoms with van der Waals surface area (Å²) < 4.78 is 31.2. The number of esters is 1. The number of thiophene rings is 1. The molecule has 194 valence electrons. The highest BCUT2D eigenvalue weighted by molar-refractivity contribution is 7.91. The van der Waals surface area contributed by atoms with E-state index in [2.05, 4.69) is 10.3 Å². The molecule has 3 aromatic carbocycles. The fourth-order valence-electron chi connectivity index (χ4n) is 3.39. The van der Waals surface area contributed by atoms with Gasteiger partial charge in [-0.1, -0.05) is 108 Å². The zero-order valence-corrected chi connectivity index (χ0v) is 23.4. The summed E-state index contributed by atoms with van der Waals surface area (Å²) in [6.45, 7) is 1.96. The summed E-state index contributed by atoms with van der Waals surface area (Å²) in [6.07, 6.45) is 0. The van der Waals surface area contributed by atoms with E-state index in [0.29, 0.717) is 10.6 Å². The van der Waals surface area contributed by atoms with Gasteiger partial charge in [0.15, 0.2) is 10.2 Å². The predicted octanol–water partition coefficient (Wildman–Crippen LogP) is 7.96. The summed E-state index contributed by atoms with van der Waals surface area (Å²) in [5.41, 5.74) is 1.95. The number of hydrogen-bond acceptors (Lipinski definition) is 8. The van der Waals surface area contributed by atoms with Crippen LogP contribution >= 0.6 is 34.3 Å². The largest absolute Gasteiger partial charge is 0.462 e. The van der Waals surface area contributed by atoms with Gasteiger partial charge in [-0.25, -0.2) is 18.2 Å². The molecule has 0 bridgehead atoms. The number of halogens is 1. The molecule has 0 amide bonds. The highest BCUT2D eigenvalue weighted by Crippen LogP contribution is 2.41. The second-order valence-electron chi connectivity index (χ2n) is 7.63. The van der Waals surface area contributed by atoms with Crippen molar-refractivity contribution in [2.24, 2.45) is 0 Å². The number of thiazole rings is 1. The number of benzene rings is 3. The number of anilines is 2. The third-order valence-electron chi connectivity index (χ3n) is 5.11. The van der Waals surface area contributed by atoms with Gasteiger partial charge in [-0.05, 0) is 24.6 Å². The van der Waals surface area contributed by atoms with E-state index < -0.39 is 15.8 Å². The molecule has 0 unspecified atom stereocenters. The first-order valence-corrected chi connectivity index (χ1v) is 15.0. The minimum Gasteiger partial charge on any atom is -0.462 e. The molecule has 0 fully saturated rings. The summed E-state index contributed by atoms with van der Waals surface area (Å²) in [7, 11) is -3.87. The van der Waals surface area contributed by atoms with E-state index in [1.54, 1.807) is 25.1 Å². The van der Waals surface area contributed by atoms with Crippen LogP contribution < -0.4 is 5.32 Å². The van der Waals surface area contributed by atoms with Crippen LogP contribution in [-0.4, -0.2) is 26.0 Å². The molecule has 0 radical (unpaired) electrons. The Morgan fingerprint density at radius 2 is 1.47 bits per heavy atom. The van der Waals surface area contributed by atoms with Crippen LogP contribution in [0.5, 0.6) is 0 Å². The average molecular weight is 583 g/mol. The maximum atomic E-state index is 12.9. The zero-order chi connectivity index (χ0) is 27.0. The van der Waals surface area contributed by atoms with Gasteiger partial charge in [0.1, 0.15) is 14.9 Å². The summed E-state index contributed by atoms with van der Waals surface area (Å²) in [6, 6.07) is 29.4. The Bertz CT molecular complexity index is 1560. The lowest BCUT2D eigenvalue weighted by Crippen LogP contribution is -2.07. The topological polar surface area (TPSA) is 85.4 Å². The average Bonchev–Trinajstić information content (AvgIpc) is 3.55. The number of hydrogen-bond donors (Lipinski definition) is 1. The van der Waals surface area contributed by atoms with E-state index in [-0.39, 0.29) is 26.0 Å². The highest BCUT2D eigenvalue weighted by Gasteiger charge is 2.27. The fraction of sp³-hybridized carbons (Fsp3) is 0.0714. The molecule has 0 aliphatic carbocycles. The van der Waals surface area contributed by atoms with Crippen LogP contribution in [0.25, 0.3) is 11.1 Å². The maximum absolute atomic E-state index is 12.9. The molecule has 5 aromatic rings. The Labute approximate surface area is 234 Å². The smallest absolute Gasteiger partial charge is 0.341 e. The van der Waals surface area contributed by atoms with Gasteiger partial charge >= 0.3 is 5.97 Å². The lowest BCUT2D eigenvalue weighted by atomic mass is 10.0. The first-order valence-electron chi connectivity index (χ1n) is 11.5. The van der Waals surface area contributed by atoms with Crippen molar-refractivity contribution in [3.63, 3.8) is 0 Å². The van der Waals surface area contributed by atoms with Gasteiger partial charge < -0.3 is 10.1 Å². The maximum Gasteiger partial charge on any atom is 0.341 e. The van der Waals surface area contributed by atoms with Crippen LogP contribution in [0.3, 0.4) is 0 Å². The number of carbonyl (C=O) groups excluding carboxylic acids is 1. The number of nitrogens with one attached hydrogen (secondary N) is 1. The molecule has 5 rings (SSSR count). The summed E-state index contributed by atoms with van der Waals surface area (Å²) >= 11 is 8.54. The molecule has 10 heteroatoms. The molecule has 0 saturated heterocycles. The highest BCUT2D eigenvalue weighted by atomic mass is 35.5. The van der Waals surface area contributed by atoms with Gasteiger partial charge in [-0.15, -0.1) is 11.3 Å². The molecular formula is C28H23ClN2O4S3. The molecule has 2 aromatic heterocycles. The van der Waals surface area contributed by atoms with E-state index in [0.717, 1.165) is 22.5 Å². The van der Waals surface area contributed by atoms with Crippen LogP contribution in [-0.2, 0) is 14.6 Å². The Morgan fingerprint density at radius 3 is 2.05 bits per heavy atom. The van der Waals surface area contributed by atoms with Gasteiger partial charge in [0, 0.05) is 10.9 Å². The molecule has 6 nitrogen and oxygen atoms in total. The third-order valence-corrected chi connectivity index (χ3v) is 9.11. The van der Waals surface area contributed by atoms with Crippen molar-refractivity contribution >= 4 is 60.2 Å². The zero-order valence-electron chi connectivity index (χ0n) is 20.2. The first kappa shape index (κ1) is 27.5. The van der Waals surface area contributed by atoms with Crippen LogP contribution in [0.4, 0.5) is 10.1 Å². The van der Waals surface area contributed by atoms with Gasteiger partial charge in [0.05, 0.1) is 11.5 Å². The van der Waals surface area contributed by atoms with E-state index in [1.165, 1.54) is 23.5 Å². The molecule has 0 aliphatic heterocycles.